The first kappa shape index (κ1) is 23.0. The maximum absolute atomic E-state index is 12.7. The minimum Gasteiger partial charge on any atom is -0.508 e. The Bertz CT molecular complexity index is 1110. The number of carbonyl (C=O) groups excluding carboxylic acids is 2. The normalized spacial score (nSPS) is 10.9. The van der Waals surface area contributed by atoms with Crippen molar-refractivity contribution in [2.24, 2.45) is 0 Å². The molecule has 0 unspecified atom stereocenters. The highest BCUT2D eigenvalue weighted by molar-refractivity contribution is 5.93. The Labute approximate surface area is 184 Å². The molecular weight excluding hydrogens is 414 g/mol. The van der Waals surface area contributed by atoms with Gasteiger partial charge in [0.25, 0.3) is 0 Å². The second-order valence-corrected chi connectivity index (χ2v) is 7.43. The van der Waals surface area contributed by atoms with E-state index in [1.54, 1.807) is 18.2 Å². The summed E-state index contributed by atoms with van der Waals surface area (Å²) in [4.78, 5) is 29.5. The van der Waals surface area contributed by atoms with Crippen molar-refractivity contribution in [1.29, 1.82) is 0 Å². The van der Waals surface area contributed by atoms with Gasteiger partial charge in [0.1, 0.15) is 12.3 Å². The minimum absolute atomic E-state index is 0.0223. The Balaban J connectivity index is 1.79. The molecular formula is C23H25N3O6. The van der Waals surface area contributed by atoms with Crippen LogP contribution in [0, 0.1) is 0 Å². The third kappa shape index (κ3) is 5.92. The fraction of sp³-hybridized carbons (Fsp3) is 0.304. The zero-order chi connectivity index (χ0) is 23.1. The lowest BCUT2D eigenvalue weighted by Gasteiger charge is -2.05. The van der Waals surface area contributed by atoms with Crippen molar-refractivity contribution in [2.75, 3.05) is 6.61 Å². The number of hydrogen-bond acceptors (Lipinski definition) is 8. The van der Waals surface area contributed by atoms with E-state index in [1.807, 2.05) is 6.07 Å². The summed E-state index contributed by atoms with van der Waals surface area (Å²) >= 11 is 0. The summed E-state index contributed by atoms with van der Waals surface area (Å²) in [5, 5.41) is 42.1. The number of carbonyl (C=O) groups is 2. The highest BCUT2D eigenvalue weighted by atomic mass is 16.3. The first-order chi connectivity index (χ1) is 15.4. The SMILES string of the molecule is O=C(CCc1cccc(O)c1)Cn1nc(-c2ccc(O)c(O)c2)nc1C(=O)CCCCO. The van der Waals surface area contributed by atoms with Gasteiger partial charge in [-0.05, 0) is 55.2 Å². The maximum Gasteiger partial charge on any atom is 0.199 e. The molecule has 0 amide bonds. The highest BCUT2D eigenvalue weighted by Gasteiger charge is 2.20. The second-order valence-electron chi connectivity index (χ2n) is 7.43. The molecule has 3 aromatic rings. The van der Waals surface area contributed by atoms with E-state index < -0.39 is 0 Å². The minimum atomic E-state index is -0.350. The molecule has 0 saturated heterocycles. The molecule has 0 aliphatic heterocycles. The number of aliphatic hydroxyl groups is 1. The molecule has 1 aromatic heterocycles. The van der Waals surface area contributed by atoms with Gasteiger partial charge >= 0.3 is 0 Å². The van der Waals surface area contributed by atoms with Crippen LogP contribution in [0.15, 0.2) is 42.5 Å². The fourth-order valence-corrected chi connectivity index (χ4v) is 3.19. The predicted octanol–water partition coefficient (Wildman–Crippen LogP) is 2.61. The van der Waals surface area contributed by atoms with Crippen molar-refractivity contribution in [2.45, 2.75) is 38.6 Å². The van der Waals surface area contributed by atoms with Crippen molar-refractivity contribution < 1.29 is 30.0 Å². The van der Waals surface area contributed by atoms with Gasteiger partial charge in [-0.2, -0.15) is 0 Å². The first-order valence-corrected chi connectivity index (χ1v) is 10.3. The van der Waals surface area contributed by atoms with E-state index in [9.17, 15) is 24.9 Å². The quantitative estimate of drug-likeness (QED) is 0.203. The number of aryl methyl sites for hydroxylation is 1. The van der Waals surface area contributed by atoms with Gasteiger partial charge in [-0.25, -0.2) is 9.67 Å². The Morgan fingerprint density at radius 3 is 2.47 bits per heavy atom. The van der Waals surface area contributed by atoms with Gasteiger partial charge in [0.15, 0.2) is 34.7 Å². The van der Waals surface area contributed by atoms with Crippen molar-refractivity contribution >= 4 is 11.6 Å². The molecule has 0 saturated carbocycles. The van der Waals surface area contributed by atoms with Gasteiger partial charge < -0.3 is 20.4 Å². The van der Waals surface area contributed by atoms with Gasteiger partial charge in [-0.3, -0.25) is 9.59 Å². The molecule has 0 aliphatic rings. The fourth-order valence-electron chi connectivity index (χ4n) is 3.19. The van der Waals surface area contributed by atoms with Gasteiger partial charge in [0, 0.05) is 25.0 Å². The number of phenols is 3. The smallest absolute Gasteiger partial charge is 0.199 e. The summed E-state index contributed by atoms with van der Waals surface area (Å²) in [5.41, 5.74) is 1.20. The maximum atomic E-state index is 12.7. The summed E-state index contributed by atoms with van der Waals surface area (Å²) in [7, 11) is 0. The van der Waals surface area contributed by atoms with E-state index in [0.29, 0.717) is 24.8 Å². The zero-order valence-corrected chi connectivity index (χ0v) is 17.4. The number of aromatic nitrogens is 3. The molecule has 0 bridgehead atoms. The molecule has 9 heteroatoms. The van der Waals surface area contributed by atoms with E-state index >= 15 is 0 Å². The molecule has 1 heterocycles. The number of aromatic hydroxyl groups is 3. The number of ketones is 2. The lowest BCUT2D eigenvalue weighted by molar-refractivity contribution is -0.119. The van der Waals surface area contributed by atoms with Crippen LogP contribution in [0.5, 0.6) is 17.2 Å². The molecule has 0 fully saturated rings. The highest BCUT2D eigenvalue weighted by Crippen LogP contribution is 2.29. The Morgan fingerprint density at radius 2 is 1.75 bits per heavy atom. The molecule has 0 atom stereocenters. The van der Waals surface area contributed by atoms with E-state index in [-0.39, 0.29) is 66.5 Å². The van der Waals surface area contributed by atoms with E-state index in [4.69, 9.17) is 5.11 Å². The van der Waals surface area contributed by atoms with Crippen LogP contribution in [0.25, 0.3) is 11.4 Å². The predicted molar refractivity (Wildman–Crippen MR) is 115 cm³/mol. The van der Waals surface area contributed by atoms with Crippen LogP contribution in [-0.4, -0.2) is 53.4 Å². The van der Waals surface area contributed by atoms with Crippen molar-refractivity contribution in [3.8, 4) is 28.6 Å². The van der Waals surface area contributed by atoms with Crippen LogP contribution in [0.3, 0.4) is 0 Å². The van der Waals surface area contributed by atoms with Gasteiger partial charge in [-0.15, -0.1) is 5.10 Å². The number of aliphatic hydroxyl groups excluding tert-OH is 1. The number of phenolic OH excluding ortho intramolecular Hbond substituents is 3. The second kappa shape index (κ2) is 10.5. The average Bonchev–Trinajstić information content (AvgIpc) is 3.18. The van der Waals surface area contributed by atoms with E-state index in [2.05, 4.69) is 10.1 Å². The molecule has 168 valence electrons. The molecule has 3 rings (SSSR count). The third-order valence-electron chi connectivity index (χ3n) is 4.90. The van der Waals surface area contributed by atoms with Crippen molar-refractivity contribution in [1.82, 2.24) is 14.8 Å². The topological polar surface area (TPSA) is 146 Å². The number of nitrogens with zero attached hydrogens (tertiary/aromatic N) is 3. The molecule has 2 aromatic carbocycles. The van der Waals surface area contributed by atoms with Gasteiger partial charge in [-0.1, -0.05) is 12.1 Å². The summed E-state index contributed by atoms with van der Waals surface area (Å²) in [6.45, 7) is -0.178. The van der Waals surface area contributed by atoms with Crippen LogP contribution in [0.1, 0.15) is 41.9 Å². The number of rotatable bonds is 11. The van der Waals surface area contributed by atoms with Crippen LogP contribution in [0.4, 0.5) is 0 Å². The Morgan fingerprint density at radius 1 is 0.938 bits per heavy atom. The van der Waals surface area contributed by atoms with Gasteiger partial charge in [0.2, 0.25) is 0 Å². The lowest BCUT2D eigenvalue weighted by Crippen LogP contribution is -2.18. The summed E-state index contributed by atoms with van der Waals surface area (Å²) < 4.78 is 1.26. The van der Waals surface area contributed by atoms with Crippen molar-refractivity contribution in [3.63, 3.8) is 0 Å². The molecule has 9 nitrogen and oxygen atoms in total. The number of hydrogen-bond donors (Lipinski definition) is 4. The monoisotopic (exact) mass is 439 g/mol. The number of benzene rings is 2. The zero-order valence-electron chi connectivity index (χ0n) is 17.4. The van der Waals surface area contributed by atoms with E-state index in [1.165, 1.54) is 22.9 Å². The third-order valence-corrected chi connectivity index (χ3v) is 4.90. The first-order valence-electron chi connectivity index (χ1n) is 10.3. The standard InChI is InChI=1S/C23H25N3O6/c27-11-2-1-6-20(31)23-24-22(16-8-10-19(30)21(32)13-16)25-26(23)14-18(29)9-7-15-4-3-5-17(28)12-15/h3-5,8,10,12-13,27-28,30,32H,1-2,6-7,9,11,14H2. The summed E-state index contributed by atoms with van der Waals surface area (Å²) in [6.07, 6.45) is 1.72. The van der Waals surface area contributed by atoms with Crippen molar-refractivity contribution in [3.05, 3.63) is 53.9 Å². The molecule has 4 N–H and O–H groups in total. The number of unbranched alkanes of at least 4 members (excludes halogenated alkanes) is 1. The molecule has 0 spiro atoms. The number of Topliss-reactive ketones (excluding diaryl/α,β-unsaturated/α-hetero) is 2. The molecule has 0 radical (unpaired) electrons. The van der Waals surface area contributed by atoms with Gasteiger partial charge in [0.05, 0.1) is 0 Å². The van der Waals surface area contributed by atoms with Crippen LogP contribution < -0.4 is 0 Å². The molecule has 0 aliphatic carbocycles. The largest absolute Gasteiger partial charge is 0.508 e. The lowest BCUT2D eigenvalue weighted by atomic mass is 10.1. The molecule has 32 heavy (non-hydrogen) atoms. The Hall–Kier alpha value is -3.72. The van der Waals surface area contributed by atoms with Crippen LogP contribution in [0.2, 0.25) is 0 Å². The Kier molecular flexibility index (Phi) is 7.56. The van der Waals surface area contributed by atoms with Crippen LogP contribution in [-0.2, 0) is 17.8 Å². The van der Waals surface area contributed by atoms with E-state index in [0.717, 1.165) is 5.56 Å². The average molecular weight is 439 g/mol. The summed E-state index contributed by atoms with van der Waals surface area (Å²) in [5.74, 6) is -0.817. The summed E-state index contributed by atoms with van der Waals surface area (Å²) in [6, 6.07) is 10.7. The van der Waals surface area contributed by atoms with Crippen LogP contribution >= 0.6 is 0 Å².